The van der Waals surface area contributed by atoms with Gasteiger partial charge in [0.15, 0.2) is 5.82 Å². The first-order valence-corrected chi connectivity index (χ1v) is 12.9. The van der Waals surface area contributed by atoms with Crippen LogP contribution in [0.3, 0.4) is 0 Å². The van der Waals surface area contributed by atoms with Crippen LogP contribution in [-0.4, -0.2) is 28.5 Å². The van der Waals surface area contributed by atoms with E-state index in [1.165, 1.54) is 0 Å². The van der Waals surface area contributed by atoms with Gasteiger partial charge in [-0.15, -0.1) is 0 Å². The van der Waals surface area contributed by atoms with Crippen molar-refractivity contribution in [3.8, 4) is 6.07 Å². The van der Waals surface area contributed by atoms with Crippen LogP contribution >= 0.6 is 0 Å². The van der Waals surface area contributed by atoms with E-state index in [9.17, 15) is 27.6 Å². The highest BCUT2D eigenvalue weighted by Crippen LogP contribution is 2.58. The van der Waals surface area contributed by atoms with E-state index in [-0.39, 0.29) is 37.0 Å². The number of benzene rings is 1. The summed E-state index contributed by atoms with van der Waals surface area (Å²) in [6, 6.07) is 8.96. The Morgan fingerprint density at radius 2 is 1.78 bits per heavy atom. The third-order valence-corrected chi connectivity index (χ3v) is 8.79. The van der Waals surface area contributed by atoms with Crippen molar-refractivity contribution in [1.29, 1.82) is 5.26 Å². The van der Waals surface area contributed by atoms with Gasteiger partial charge >= 0.3 is 5.92 Å². The second-order valence-corrected chi connectivity index (χ2v) is 11.3. The standard InChI is InChI=1S/C27H30F4N4O2/c1-24(28,29)23-33-22(34-37-23)26-12-9-25(10-13-26,11-14-26)17-35(20-4-2-3-18(15-20)16-32)21(36)19-5-7-27(30,31)8-6-19/h2-4,15,19H,5-14,17H2,1H3. The van der Waals surface area contributed by atoms with Gasteiger partial charge in [0.1, 0.15) is 0 Å². The third kappa shape index (κ3) is 4.97. The van der Waals surface area contributed by atoms with Crippen molar-refractivity contribution in [2.45, 2.75) is 88.4 Å². The molecule has 1 aromatic heterocycles. The summed E-state index contributed by atoms with van der Waals surface area (Å²) < 4.78 is 59.8. The molecule has 4 aliphatic carbocycles. The number of hydrogen-bond acceptors (Lipinski definition) is 5. The summed E-state index contributed by atoms with van der Waals surface area (Å²) in [5.74, 6) is -6.93. The van der Waals surface area contributed by atoms with Gasteiger partial charge < -0.3 is 9.42 Å². The summed E-state index contributed by atoms with van der Waals surface area (Å²) in [7, 11) is 0. The molecule has 1 amide bonds. The Morgan fingerprint density at radius 1 is 1.14 bits per heavy atom. The quantitative estimate of drug-likeness (QED) is 0.408. The Labute approximate surface area is 213 Å². The molecule has 0 aliphatic heterocycles. The first kappa shape index (κ1) is 25.7. The summed E-state index contributed by atoms with van der Waals surface area (Å²) in [6.07, 6.45) is 4.01. The first-order chi connectivity index (χ1) is 17.4. The fraction of sp³-hybridized carbons (Fsp3) is 0.630. The normalized spacial score (nSPS) is 27.6. The molecule has 0 spiro atoms. The number of alkyl halides is 4. The molecule has 4 fully saturated rings. The van der Waals surface area contributed by atoms with E-state index >= 15 is 0 Å². The lowest BCUT2D eigenvalue weighted by Crippen LogP contribution is -2.52. The predicted molar refractivity (Wildman–Crippen MR) is 126 cm³/mol. The van der Waals surface area contributed by atoms with Gasteiger partial charge in [-0.2, -0.15) is 19.0 Å². The van der Waals surface area contributed by atoms with Crippen LogP contribution in [0.5, 0.6) is 0 Å². The molecule has 6 rings (SSSR count). The molecular weight excluding hydrogens is 488 g/mol. The van der Waals surface area contributed by atoms with Gasteiger partial charge in [0.2, 0.25) is 11.8 Å². The maximum absolute atomic E-state index is 13.8. The number of carbonyl (C=O) groups excluding carboxylic acids is 1. The molecule has 0 N–H and O–H groups in total. The zero-order chi connectivity index (χ0) is 26.5. The maximum Gasteiger partial charge on any atom is 0.322 e. The Balaban J connectivity index is 1.37. The molecule has 2 bridgehead atoms. The Hall–Kier alpha value is -2.96. The van der Waals surface area contributed by atoms with Gasteiger partial charge in [-0.3, -0.25) is 4.79 Å². The van der Waals surface area contributed by atoms with E-state index in [4.69, 9.17) is 4.52 Å². The fourth-order valence-corrected chi connectivity index (χ4v) is 6.34. The Bertz CT molecular complexity index is 1180. The van der Waals surface area contributed by atoms with Crippen molar-refractivity contribution in [3.05, 3.63) is 41.5 Å². The van der Waals surface area contributed by atoms with Crippen molar-refractivity contribution < 1.29 is 26.9 Å². The molecule has 198 valence electrons. The number of anilines is 1. The van der Waals surface area contributed by atoms with E-state index in [1.807, 2.05) is 0 Å². The number of nitriles is 1. The van der Waals surface area contributed by atoms with E-state index < -0.39 is 29.1 Å². The highest BCUT2D eigenvalue weighted by molar-refractivity contribution is 5.95. The lowest BCUT2D eigenvalue weighted by atomic mass is 9.53. The number of fused-ring (bicyclic) bond motifs is 3. The second kappa shape index (κ2) is 9.10. The minimum atomic E-state index is -3.20. The number of hydrogen-bond donors (Lipinski definition) is 0. The molecule has 6 nitrogen and oxygen atoms in total. The minimum Gasteiger partial charge on any atom is -0.333 e. The summed E-state index contributed by atoms with van der Waals surface area (Å²) in [6.45, 7) is 1.16. The molecule has 10 heteroatoms. The summed E-state index contributed by atoms with van der Waals surface area (Å²) in [4.78, 5) is 19.5. The van der Waals surface area contributed by atoms with Gasteiger partial charge in [-0.1, -0.05) is 11.2 Å². The first-order valence-electron chi connectivity index (χ1n) is 12.9. The molecule has 0 saturated heterocycles. The van der Waals surface area contributed by atoms with Gasteiger partial charge in [0.05, 0.1) is 11.6 Å². The maximum atomic E-state index is 13.8. The van der Waals surface area contributed by atoms with Crippen LogP contribution in [-0.2, 0) is 16.1 Å². The molecule has 0 radical (unpaired) electrons. The zero-order valence-corrected chi connectivity index (χ0v) is 20.8. The van der Waals surface area contributed by atoms with E-state index in [2.05, 4.69) is 16.2 Å². The predicted octanol–water partition coefficient (Wildman–Crippen LogP) is 6.50. The molecule has 2 aromatic rings. The van der Waals surface area contributed by atoms with Crippen molar-refractivity contribution in [2.75, 3.05) is 11.4 Å². The van der Waals surface area contributed by atoms with Crippen LogP contribution in [0.4, 0.5) is 23.2 Å². The number of aromatic nitrogens is 2. The summed E-state index contributed by atoms with van der Waals surface area (Å²) >= 11 is 0. The molecule has 37 heavy (non-hydrogen) atoms. The minimum absolute atomic E-state index is 0.138. The van der Waals surface area contributed by atoms with Crippen molar-refractivity contribution in [1.82, 2.24) is 10.1 Å². The van der Waals surface area contributed by atoms with Crippen LogP contribution in [0.25, 0.3) is 0 Å². The molecule has 1 heterocycles. The largest absolute Gasteiger partial charge is 0.333 e. The van der Waals surface area contributed by atoms with E-state index in [0.29, 0.717) is 42.9 Å². The van der Waals surface area contributed by atoms with Crippen molar-refractivity contribution >= 4 is 11.6 Å². The van der Waals surface area contributed by atoms with E-state index in [1.54, 1.807) is 29.2 Å². The van der Waals surface area contributed by atoms with Crippen LogP contribution in [0.1, 0.15) is 88.4 Å². The highest BCUT2D eigenvalue weighted by atomic mass is 19.3. The van der Waals surface area contributed by atoms with Crippen molar-refractivity contribution in [2.24, 2.45) is 11.3 Å². The Kier molecular flexibility index (Phi) is 6.32. The van der Waals surface area contributed by atoms with Gasteiger partial charge in [0.25, 0.3) is 5.89 Å². The average Bonchev–Trinajstić information content (AvgIpc) is 3.40. The van der Waals surface area contributed by atoms with Crippen LogP contribution < -0.4 is 4.90 Å². The highest BCUT2D eigenvalue weighted by Gasteiger charge is 2.53. The van der Waals surface area contributed by atoms with Crippen LogP contribution in [0, 0.1) is 22.7 Å². The molecule has 1 aromatic carbocycles. The molecule has 0 atom stereocenters. The fourth-order valence-electron chi connectivity index (χ4n) is 6.34. The monoisotopic (exact) mass is 518 g/mol. The van der Waals surface area contributed by atoms with Crippen LogP contribution in [0.2, 0.25) is 0 Å². The molecular formula is C27H30F4N4O2. The second-order valence-electron chi connectivity index (χ2n) is 11.3. The Morgan fingerprint density at radius 3 is 2.35 bits per heavy atom. The van der Waals surface area contributed by atoms with E-state index in [0.717, 1.165) is 26.2 Å². The number of nitrogens with zero attached hydrogens (tertiary/aromatic N) is 4. The number of halogens is 4. The number of rotatable bonds is 6. The number of carbonyl (C=O) groups is 1. The lowest BCUT2D eigenvalue weighted by Gasteiger charge is -2.53. The molecule has 0 unspecified atom stereocenters. The summed E-state index contributed by atoms with van der Waals surface area (Å²) in [5, 5.41) is 13.3. The van der Waals surface area contributed by atoms with Gasteiger partial charge in [-0.25, -0.2) is 8.78 Å². The topological polar surface area (TPSA) is 83.0 Å². The lowest BCUT2D eigenvalue weighted by molar-refractivity contribution is -0.127. The molecule has 4 saturated carbocycles. The average molecular weight is 519 g/mol. The third-order valence-electron chi connectivity index (χ3n) is 8.79. The SMILES string of the molecule is CC(F)(F)c1nc(C23CCC(CN(C(=O)C4CCC(F)(F)CC4)c4cccc(C#N)c4)(CC2)CC3)no1. The van der Waals surface area contributed by atoms with Gasteiger partial charge in [0, 0.05) is 43.3 Å². The van der Waals surface area contributed by atoms with Crippen molar-refractivity contribution in [3.63, 3.8) is 0 Å². The van der Waals surface area contributed by atoms with Crippen LogP contribution in [0.15, 0.2) is 28.8 Å². The smallest absolute Gasteiger partial charge is 0.322 e. The molecule has 4 aliphatic rings. The van der Waals surface area contributed by atoms with Gasteiger partial charge in [-0.05, 0) is 75.0 Å². The zero-order valence-electron chi connectivity index (χ0n) is 20.8. The summed E-state index contributed by atoms with van der Waals surface area (Å²) in [5.41, 5.74) is 0.417. The number of amides is 1.